The molecule has 1 aliphatic heterocycles. The van der Waals surface area contributed by atoms with Gasteiger partial charge in [-0.05, 0) is 92.2 Å². The maximum absolute atomic E-state index is 13.4. The summed E-state index contributed by atoms with van der Waals surface area (Å²) in [6.07, 6.45) is 9.21. The van der Waals surface area contributed by atoms with E-state index < -0.39 is 18.0 Å². The van der Waals surface area contributed by atoms with E-state index in [4.69, 9.17) is 10.2 Å². The Morgan fingerprint density at radius 1 is 1.09 bits per heavy atom. The van der Waals surface area contributed by atoms with Gasteiger partial charge in [-0.2, -0.15) is 0 Å². The van der Waals surface area contributed by atoms with Crippen molar-refractivity contribution in [2.45, 2.75) is 69.9 Å². The van der Waals surface area contributed by atoms with E-state index in [1.165, 1.54) is 17.4 Å². The van der Waals surface area contributed by atoms with E-state index in [0.717, 1.165) is 63.7 Å². The second-order valence-electron chi connectivity index (χ2n) is 11.8. The highest BCUT2D eigenvalue weighted by molar-refractivity contribution is 6.04. The second-order valence-corrected chi connectivity index (χ2v) is 11.8. The highest BCUT2D eigenvalue weighted by Gasteiger charge is 2.35. The van der Waals surface area contributed by atoms with Crippen LogP contribution in [0.4, 0.5) is 10.6 Å². The summed E-state index contributed by atoms with van der Waals surface area (Å²) >= 11 is 0. The molecule has 4 N–H and O–H groups in total. The number of amides is 3. The molecular formula is C33H41N5O5. The fraction of sp³-hybridized carbons (Fsp3) is 0.455. The average molecular weight is 588 g/mol. The van der Waals surface area contributed by atoms with Gasteiger partial charge >= 0.3 is 12.0 Å². The van der Waals surface area contributed by atoms with Crippen molar-refractivity contribution in [2.75, 3.05) is 24.5 Å². The van der Waals surface area contributed by atoms with Crippen molar-refractivity contribution >= 4 is 23.7 Å². The molecule has 10 nitrogen and oxygen atoms in total. The Bertz CT molecular complexity index is 1380. The number of hydrogen-bond donors (Lipinski definition) is 3. The number of carbonyl (C=O) groups excluding carboxylic acids is 2. The molecule has 3 atom stereocenters. The van der Waals surface area contributed by atoms with Gasteiger partial charge < -0.3 is 25.5 Å². The monoisotopic (exact) mass is 587 g/mol. The van der Waals surface area contributed by atoms with Gasteiger partial charge in [0.15, 0.2) is 5.76 Å². The lowest BCUT2D eigenvalue weighted by Crippen LogP contribution is -2.49. The Kier molecular flexibility index (Phi) is 9.76. The van der Waals surface area contributed by atoms with Gasteiger partial charge in [0.05, 0.1) is 6.26 Å². The van der Waals surface area contributed by atoms with Gasteiger partial charge in [0.2, 0.25) is 0 Å². The predicted octanol–water partition coefficient (Wildman–Crippen LogP) is 4.73. The summed E-state index contributed by atoms with van der Waals surface area (Å²) in [5.41, 5.74) is 8.86. The molecule has 10 heteroatoms. The molecule has 228 valence electrons. The van der Waals surface area contributed by atoms with Gasteiger partial charge in [0, 0.05) is 31.9 Å². The minimum absolute atomic E-state index is 0.0201. The van der Waals surface area contributed by atoms with Crippen LogP contribution in [0.3, 0.4) is 0 Å². The number of rotatable bonds is 10. The molecule has 2 aliphatic rings. The molecule has 0 bridgehead atoms. The number of pyridine rings is 1. The normalized spacial score (nSPS) is 20.3. The number of hydrogen-bond acceptors (Lipinski definition) is 6. The van der Waals surface area contributed by atoms with E-state index in [1.807, 2.05) is 25.1 Å². The van der Waals surface area contributed by atoms with Crippen LogP contribution in [0.1, 0.15) is 71.7 Å². The molecule has 1 saturated heterocycles. The Balaban J connectivity index is 1.21. The number of carbonyl (C=O) groups is 3. The maximum atomic E-state index is 13.4. The van der Waals surface area contributed by atoms with Crippen LogP contribution in [0.15, 0.2) is 65.4 Å². The summed E-state index contributed by atoms with van der Waals surface area (Å²) in [6.45, 7) is 4.61. The van der Waals surface area contributed by atoms with Crippen molar-refractivity contribution in [3.8, 4) is 0 Å². The third kappa shape index (κ3) is 7.43. The molecule has 0 spiro atoms. The Hall–Kier alpha value is -4.18. The fourth-order valence-electron chi connectivity index (χ4n) is 6.77. The number of aryl methyl sites for hydroxylation is 1. The fourth-order valence-corrected chi connectivity index (χ4v) is 6.77. The quantitative estimate of drug-likeness (QED) is 0.311. The number of benzene rings is 1. The third-order valence-electron chi connectivity index (χ3n) is 8.96. The van der Waals surface area contributed by atoms with Crippen molar-refractivity contribution in [2.24, 2.45) is 11.7 Å². The third-order valence-corrected chi connectivity index (χ3v) is 8.96. The number of piperidine rings is 1. The number of furan rings is 1. The number of nitrogens with one attached hydrogen (secondary N) is 1. The SMILES string of the molecule is Cc1ccc(N(C(=O)c2ccco2)C2CCN(CCc3ccccc3C3CCCC(C(NC(N)=O)C(=O)O)C3)CC2)nc1. The Morgan fingerprint density at radius 3 is 2.56 bits per heavy atom. The number of primary amides is 1. The van der Waals surface area contributed by atoms with E-state index in [2.05, 4.69) is 33.4 Å². The molecule has 0 radical (unpaired) electrons. The van der Waals surface area contributed by atoms with E-state index in [1.54, 1.807) is 23.2 Å². The molecule has 3 aromatic rings. The lowest BCUT2D eigenvalue weighted by molar-refractivity contribution is -0.141. The van der Waals surface area contributed by atoms with E-state index >= 15 is 0 Å². The second kappa shape index (κ2) is 13.9. The first kappa shape index (κ1) is 30.3. The van der Waals surface area contributed by atoms with E-state index in [-0.39, 0.29) is 23.8 Å². The molecule has 1 saturated carbocycles. The van der Waals surface area contributed by atoms with E-state index in [0.29, 0.717) is 18.0 Å². The maximum Gasteiger partial charge on any atom is 0.326 e. The van der Waals surface area contributed by atoms with Crippen LogP contribution in [-0.2, 0) is 11.2 Å². The van der Waals surface area contributed by atoms with Crippen LogP contribution >= 0.6 is 0 Å². The molecular weight excluding hydrogens is 546 g/mol. The number of nitrogens with zero attached hydrogens (tertiary/aromatic N) is 3. The van der Waals surface area contributed by atoms with Crippen LogP contribution in [0.5, 0.6) is 0 Å². The molecule has 5 rings (SSSR count). The van der Waals surface area contributed by atoms with Crippen LogP contribution in [0.2, 0.25) is 0 Å². The zero-order valence-corrected chi connectivity index (χ0v) is 24.7. The van der Waals surface area contributed by atoms with Crippen molar-refractivity contribution in [1.29, 1.82) is 0 Å². The molecule has 1 aliphatic carbocycles. The van der Waals surface area contributed by atoms with Gasteiger partial charge in [-0.25, -0.2) is 14.6 Å². The highest BCUT2D eigenvalue weighted by atomic mass is 16.4. The Morgan fingerprint density at radius 2 is 1.88 bits per heavy atom. The number of aromatic nitrogens is 1. The smallest absolute Gasteiger partial charge is 0.326 e. The topological polar surface area (TPSA) is 142 Å². The average Bonchev–Trinajstić information content (AvgIpc) is 3.56. The molecule has 3 amide bonds. The van der Waals surface area contributed by atoms with Crippen molar-refractivity contribution in [3.63, 3.8) is 0 Å². The molecule has 1 aromatic carbocycles. The van der Waals surface area contributed by atoms with Crippen molar-refractivity contribution in [1.82, 2.24) is 15.2 Å². The number of carboxylic acid groups (broad SMARTS) is 1. The van der Waals surface area contributed by atoms with E-state index in [9.17, 15) is 19.5 Å². The van der Waals surface area contributed by atoms with Gasteiger partial charge in [-0.1, -0.05) is 36.8 Å². The number of aliphatic carboxylic acids is 1. The summed E-state index contributed by atoms with van der Waals surface area (Å²) in [6, 6.07) is 14.0. The van der Waals surface area contributed by atoms with Gasteiger partial charge in [-0.15, -0.1) is 0 Å². The number of nitrogens with two attached hydrogens (primary N) is 1. The summed E-state index contributed by atoms with van der Waals surface area (Å²) < 4.78 is 5.45. The van der Waals surface area contributed by atoms with Gasteiger partial charge in [0.1, 0.15) is 11.9 Å². The number of anilines is 1. The zero-order valence-electron chi connectivity index (χ0n) is 24.7. The summed E-state index contributed by atoms with van der Waals surface area (Å²) in [5, 5.41) is 12.2. The van der Waals surface area contributed by atoms with Crippen LogP contribution in [0.25, 0.3) is 0 Å². The van der Waals surface area contributed by atoms with Crippen LogP contribution in [0, 0.1) is 12.8 Å². The van der Waals surface area contributed by atoms with Gasteiger partial charge in [0.25, 0.3) is 5.91 Å². The van der Waals surface area contributed by atoms with Crippen LogP contribution < -0.4 is 16.0 Å². The molecule has 3 unspecified atom stereocenters. The lowest BCUT2D eigenvalue weighted by Gasteiger charge is -2.38. The minimum atomic E-state index is -1.04. The molecule has 2 aromatic heterocycles. The predicted molar refractivity (Wildman–Crippen MR) is 163 cm³/mol. The first-order chi connectivity index (χ1) is 20.8. The molecule has 3 heterocycles. The van der Waals surface area contributed by atoms with Crippen molar-refractivity contribution < 1.29 is 23.9 Å². The number of urea groups is 1. The largest absolute Gasteiger partial charge is 0.480 e. The Labute approximate surface area is 252 Å². The highest BCUT2D eigenvalue weighted by Crippen LogP contribution is 2.39. The summed E-state index contributed by atoms with van der Waals surface area (Å²) in [7, 11) is 0. The number of carboxylic acids is 1. The standard InChI is InChI=1S/C33H41N5O5/c1-22-11-12-29(35-21-22)38(31(39)28-10-5-19-43-28)26-14-17-37(18-15-26)16-13-23-6-2-3-9-27(23)24-7-4-8-25(20-24)30(32(40)41)36-33(34)42/h2-3,5-6,9-12,19,21,24-26,30H,4,7-8,13-18,20H2,1H3,(H,40,41)(H3,34,36,42). The summed E-state index contributed by atoms with van der Waals surface area (Å²) in [4.78, 5) is 45.6. The lowest BCUT2D eigenvalue weighted by atomic mass is 9.74. The van der Waals surface area contributed by atoms with Crippen molar-refractivity contribution in [3.05, 3.63) is 83.4 Å². The summed E-state index contributed by atoms with van der Waals surface area (Å²) in [5.74, 6) is -0.182. The van der Waals surface area contributed by atoms with Gasteiger partial charge in [-0.3, -0.25) is 9.69 Å². The number of likely N-dealkylation sites (tertiary alicyclic amines) is 1. The molecule has 2 fully saturated rings. The first-order valence-electron chi connectivity index (χ1n) is 15.2. The van der Waals surface area contributed by atoms with Crippen LogP contribution in [-0.4, -0.2) is 64.6 Å². The minimum Gasteiger partial charge on any atom is -0.480 e. The molecule has 43 heavy (non-hydrogen) atoms. The first-order valence-corrected chi connectivity index (χ1v) is 15.2. The zero-order chi connectivity index (χ0) is 30.3.